The second kappa shape index (κ2) is 5.13. The van der Waals surface area contributed by atoms with Crippen molar-refractivity contribution in [1.82, 2.24) is 30.2 Å². The maximum Gasteiger partial charge on any atom is 0.241 e. The van der Waals surface area contributed by atoms with E-state index in [9.17, 15) is 0 Å². The van der Waals surface area contributed by atoms with Crippen molar-refractivity contribution in [3.63, 3.8) is 0 Å². The number of aryl methyl sites for hydroxylation is 1. The minimum absolute atomic E-state index is 0.332. The number of hydrogen-bond acceptors (Lipinski definition) is 7. The number of fused-ring (bicyclic) bond motifs is 1. The van der Waals surface area contributed by atoms with Crippen LogP contribution in [0.4, 0.5) is 0 Å². The molecule has 21 heavy (non-hydrogen) atoms. The van der Waals surface area contributed by atoms with Gasteiger partial charge in [0.2, 0.25) is 11.7 Å². The molecule has 8 nitrogen and oxygen atoms in total. The SMILES string of the molecule is c1coc(-c2noc(CN[C@H]3CCc4ncnn4C3)n2)c1. The highest BCUT2D eigenvalue weighted by atomic mass is 16.5. The van der Waals surface area contributed by atoms with E-state index in [1.54, 1.807) is 24.7 Å². The van der Waals surface area contributed by atoms with Gasteiger partial charge in [0.05, 0.1) is 19.4 Å². The molecule has 4 rings (SSSR count). The van der Waals surface area contributed by atoms with Crippen molar-refractivity contribution in [2.45, 2.75) is 32.0 Å². The Balaban J connectivity index is 1.37. The summed E-state index contributed by atoms with van der Waals surface area (Å²) in [4.78, 5) is 8.52. The van der Waals surface area contributed by atoms with E-state index in [2.05, 4.69) is 25.5 Å². The molecule has 0 aliphatic carbocycles. The van der Waals surface area contributed by atoms with Gasteiger partial charge in [0.15, 0.2) is 5.76 Å². The van der Waals surface area contributed by atoms with Gasteiger partial charge >= 0.3 is 0 Å². The molecule has 8 heteroatoms. The van der Waals surface area contributed by atoms with Crippen molar-refractivity contribution in [1.29, 1.82) is 0 Å². The molecule has 0 unspecified atom stereocenters. The molecule has 0 saturated heterocycles. The van der Waals surface area contributed by atoms with Crippen LogP contribution in [-0.2, 0) is 19.5 Å². The lowest BCUT2D eigenvalue weighted by atomic mass is 10.1. The Labute approximate surface area is 120 Å². The van der Waals surface area contributed by atoms with Gasteiger partial charge < -0.3 is 14.3 Å². The summed E-state index contributed by atoms with van der Waals surface area (Å²) in [6.45, 7) is 1.34. The van der Waals surface area contributed by atoms with Crippen LogP contribution in [0.5, 0.6) is 0 Å². The molecular formula is C13H14N6O2. The molecule has 0 bridgehead atoms. The summed E-state index contributed by atoms with van der Waals surface area (Å²) in [7, 11) is 0. The third-order valence-electron chi connectivity index (χ3n) is 3.56. The van der Waals surface area contributed by atoms with Crippen LogP contribution in [0.25, 0.3) is 11.6 Å². The zero-order valence-corrected chi connectivity index (χ0v) is 11.3. The third kappa shape index (κ3) is 2.45. The third-order valence-corrected chi connectivity index (χ3v) is 3.56. The Morgan fingerprint density at radius 2 is 2.43 bits per heavy atom. The fourth-order valence-corrected chi connectivity index (χ4v) is 2.47. The van der Waals surface area contributed by atoms with Crippen LogP contribution in [0.2, 0.25) is 0 Å². The summed E-state index contributed by atoms with van der Waals surface area (Å²) >= 11 is 0. The van der Waals surface area contributed by atoms with E-state index in [1.165, 1.54) is 0 Å². The fraction of sp³-hybridized carbons (Fsp3) is 0.385. The lowest BCUT2D eigenvalue weighted by molar-refractivity contribution is 0.320. The van der Waals surface area contributed by atoms with Crippen LogP contribution in [0.15, 0.2) is 33.7 Å². The topological polar surface area (TPSA) is 94.8 Å². The highest BCUT2D eigenvalue weighted by Crippen LogP contribution is 2.16. The van der Waals surface area contributed by atoms with E-state index in [1.807, 2.05) is 4.68 Å². The number of hydrogen-bond donors (Lipinski definition) is 1. The van der Waals surface area contributed by atoms with Gasteiger partial charge in [0, 0.05) is 12.5 Å². The molecule has 1 N–H and O–H groups in total. The van der Waals surface area contributed by atoms with Crippen LogP contribution < -0.4 is 5.32 Å². The van der Waals surface area contributed by atoms with E-state index >= 15 is 0 Å². The van der Waals surface area contributed by atoms with Crippen molar-refractivity contribution in [3.05, 3.63) is 36.4 Å². The number of aromatic nitrogens is 5. The molecule has 1 aliphatic heterocycles. The van der Waals surface area contributed by atoms with Crippen molar-refractivity contribution in [2.24, 2.45) is 0 Å². The predicted octanol–water partition coefficient (Wildman–Crippen LogP) is 1.03. The monoisotopic (exact) mass is 286 g/mol. The average Bonchev–Trinajstić information content (AvgIpc) is 3.24. The van der Waals surface area contributed by atoms with Crippen LogP contribution in [0.3, 0.4) is 0 Å². The number of nitrogens with one attached hydrogen (secondary N) is 1. The quantitative estimate of drug-likeness (QED) is 0.765. The molecule has 0 aromatic carbocycles. The normalized spacial score (nSPS) is 17.8. The summed E-state index contributed by atoms with van der Waals surface area (Å²) in [6.07, 6.45) is 5.14. The van der Waals surface area contributed by atoms with Crippen LogP contribution >= 0.6 is 0 Å². The molecule has 0 radical (unpaired) electrons. The summed E-state index contributed by atoms with van der Waals surface area (Å²) in [5, 5.41) is 11.5. The van der Waals surface area contributed by atoms with Crippen LogP contribution in [0, 0.1) is 0 Å². The Hall–Kier alpha value is -2.48. The first-order valence-corrected chi connectivity index (χ1v) is 6.85. The second-order valence-electron chi connectivity index (χ2n) is 4.96. The van der Waals surface area contributed by atoms with Gasteiger partial charge in [0.25, 0.3) is 0 Å². The van der Waals surface area contributed by atoms with Crippen molar-refractivity contribution >= 4 is 0 Å². The van der Waals surface area contributed by atoms with Gasteiger partial charge in [-0.1, -0.05) is 5.16 Å². The molecule has 0 amide bonds. The van der Waals surface area contributed by atoms with Gasteiger partial charge in [-0.25, -0.2) is 9.67 Å². The van der Waals surface area contributed by atoms with Gasteiger partial charge in [-0.3, -0.25) is 0 Å². The van der Waals surface area contributed by atoms with E-state index in [0.717, 1.165) is 25.2 Å². The molecule has 108 valence electrons. The lowest BCUT2D eigenvalue weighted by Gasteiger charge is -2.22. The number of rotatable bonds is 4. The molecule has 4 heterocycles. The Morgan fingerprint density at radius 1 is 1.43 bits per heavy atom. The summed E-state index contributed by atoms with van der Waals surface area (Å²) in [6, 6.07) is 3.93. The van der Waals surface area contributed by atoms with Gasteiger partial charge in [-0.15, -0.1) is 0 Å². The van der Waals surface area contributed by atoms with E-state index in [0.29, 0.717) is 30.1 Å². The summed E-state index contributed by atoms with van der Waals surface area (Å²) < 4.78 is 12.4. The first-order chi connectivity index (χ1) is 10.4. The van der Waals surface area contributed by atoms with Gasteiger partial charge in [0.1, 0.15) is 12.2 Å². The molecule has 1 atom stereocenters. The van der Waals surface area contributed by atoms with Gasteiger partial charge in [-0.05, 0) is 18.6 Å². The Kier molecular flexibility index (Phi) is 3.00. The Morgan fingerprint density at radius 3 is 3.33 bits per heavy atom. The van der Waals surface area contributed by atoms with Crippen LogP contribution in [0.1, 0.15) is 18.1 Å². The molecule has 0 spiro atoms. The van der Waals surface area contributed by atoms with Gasteiger partial charge in [-0.2, -0.15) is 10.1 Å². The van der Waals surface area contributed by atoms with E-state index in [4.69, 9.17) is 8.94 Å². The standard InChI is InChI=1S/C13H14N6O2/c1-2-10(20-5-1)13-17-12(21-18-13)6-14-9-3-4-11-15-8-16-19(11)7-9/h1-2,5,8-9,14H,3-4,6-7H2/t9-/m0/s1. The number of nitrogens with zero attached hydrogens (tertiary/aromatic N) is 5. The molecular weight excluding hydrogens is 272 g/mol. The molecule has 0 saturated carbocycles. The molecule has 1 aliphatic rings. The van der Waals surface area contributed by atoms with Crippen molar-refractivity contribution in [2.75, 3.05) is 0 Å². The first-order valence-electron chi connectivity index (χ1n) is 6.85. The van der Waals surface area contributed by atoms with E-state index < -0.39 is 0 Å². The average molecular weight is 286 g/mol. The smallest absolute Gasteiger partial charge is 0.241 e. The predicted molar refractivity (Wildman–Crippen MR) is 71.0 cm³/mol. The molecule has 3 aromatic heterocycles. The molecule has 0 fully saturated rings. The van der Waals surface area contributed by atoms with Crippen LogP contribution in [-0.4, -0.2) is 30.9 Å². The maximum absolute atomic E-state index is 5.23. The largest absolute Gasteiger partial charge is 0.461 e. The highest BCUT2D eigenvalue weighted by molar-refractivity contribution is 5.44. The number of furan rings is 1. The van der Waals surface area contributed by atoms with Crippen molar-refractivity contribution < 1.29 is 8.94 Å². The first kappa shape index (κ1) is 12.3. The zero-order chi connectivity index (χ0) is 14.1. The highest BCUT2D eigenvalue weighted by Gasteiger charge is 2.20. The zero-order valence-electron chi connectivity index (χ0n) is 11.3. The Bertz CT molecular complexity index is 717. The molecule has 3 aromatic rings. The lowest BCUT2D eigenvalue weighted by Crippen LogP contribution is -2.37. The summed E-state index contributed by atoms with van der Waals surface area (Å²) in [5.41, 5.74) is 0. The fourth-order valence-electron chi connectivity index (χ4n) is 2.47. The minimum Gasteiger partial charge on any atom is -0.461 e. The summed E-state index contributed by atoms with van der Waals surface area (Å²) in [5.74, 6) is 2.67. The maximum atomic E-state index is 5.23. The van der Waals surface area contributed by atoms with Crippen molar-refractivity contribution in [3.8, 4) is 11.6 Å². The van der Waals surface area contributed by atoms with E-state index in [-0.39, 0.29) is 0 Å². The minimum atomic E-state index is 0.332. The second-order valence-corrected chi connectivity index (χ2v) is 4.96.